The zero-order chi connectivity index (χ0) is 14.6. The lowest BCUT2D eigenvalue weighted by Gasteiger charge is -2.25. The number of aromatic nitrogens is 1. The molecule has 2 heteroatoms. The second-order valence-electron chi connectivity index (χ2n) is 5.66. The molecule has 1 heterocycles. The van der Waals surface area contributed by atoms with Crippen LogP contribution in [0.3, 0.4) is 0 Å². The molecule has 106 valence electrons. The Morgan fingerprint density at radius 1 is 0.950 bits per heavy atom. The van der Waals surface area contributed by atoms with Crippen LogP contribution in [0.5, 0.6) is 0 Å². The minimum Gasteiger partial charge on any atom is -0.321 e. The molecule has 0 saturated carbocycles. The standard InChI is InChI=1S/C18H24N2/c1-4-14-6-9-16(10-7-14)18(3,19)12-17-11-8-15(5-2)13-20-17/h6-11,13H,4-5,12,19H2,1-3H3. The van der Waals surface area contributed by atoms with Crippen molar-refractivity contribution in [3.63, 3.8) is 0 Å². The first-order chi connectivity index (χ1) is 9.55. The lowest BCUT2D eigenvalue weighted by Crippen LogP contribution is -2.35. The number of hydrogen-bond acceptors (Lipinski definition) is 2. The molecule has 1 aromatic carbocycles. The SMILES string of the molecule is CCc1ccc(C(C)(N)Cc2ccc(CC)cn2)cc1. The van der Waals surface area contributed by atoms with Gasteiger partial charge in [-0.25, -0.2) is 0 Å². The Labute approximate surface area is 122 Å². The molecule has 0 bridgehead atoms. The third-order valence-corrected chi connectivity index (χ3v) is 3.86. The number of benzene rings is 1. The van der Waals surface area contributed by atoms with E-state index >= 15 is 0 Å². The van der Waals surface area contributed by atoms with Crippen LogP contribution in [0.4, 0.5) is 0 Å². The molecule has 2 N–H and O–H groups in total. The second-order valence-corrected chi connectivity index (χ2v) is 5.66. The molecule has 20 heavy (non-hydrogen) atoms. The Balaban J connectivity index is 2.15. The van der Waals surface area contributed by atoms with Crippen LogP contribution < -0.4 is 5.73 Å². The summed E-state index contributed by atoms with van der Waals surface area (Å²) in [7, 11) is 0. The predicted octanol–water partition coefficient (Wildman–Crippen LogP) is 3.62. The summed E-state index contributed by atoms with van der Waals surface area (Å²) in [5.41, 5.74) is 10.9. The van der Waals surface area contributed by atoms with E-state index < -0.39 is 0 Å². The molecule has 2 aromatic rings. The predicted molar refractivity (Wildman–Crippen MR) is 84.7 cm³/mol. The summed E-state index contributed by atoms with van der Waals surface area (Å²) in [6.45, 7) is 6.37. The van der Waals surface area contributed by atoms with Crippen molar-refractivity contribution in [1.29, 1.82) is 0 Å². The van der Waals surface area contributed by atoms with Gasteiger partial charge >= 0.3 is 0 Å². The minimum atomic E-state index is -0.382. The van der Waals surface area contributed by atoms with E-state index in [-0.39, 0.29) is 5.54 Å². The lowest BCUT2D eigenvalue weighted by atomic mass is 9.87. The Morgan fingerprint density at radius 3 is 2.05 bits per heavy atom. The molecule has 2 rings (SSSR count). The summed E-state index contributed by atoms with van der Waals surface area (Å²) in [4.78, 5) is 4.51. The van der Waals surface area contributed by atoms with Crippen LogP contribution in [0.25, 0.3) is 0 Å². The van der Waals surface area contributed by atoms with E-state index in [9.17, 15) is 0 Å². The fourth-order valence-corrected chi connectivity index (χ4v) is 2.37. The highest BCUT2D eigenvalue weighted by Crippen LogP contribution is 2.22. The van der Waals surface area contributed by atoms with Gasteiger partial charge in [0.2, 0.25) is 0 Å². The zero-order valence-corrected chi connectivity index (χ0v) is 12.7. The molecule has 0 saturated heterocycles. The zero-order valence-electron chi connectivity index (χ0n) is 12.7. The van der Waals surface area contributed by atoms with Gasteiger partial charge in [-0.2, -0.15) is 0 Å². The maximum Gasteiger partial charge on any atom is 0.0436 e. The molecule has 1 unspecified atom stereocenters. The first-order valence-electron chi connectivity index (χ1n) is 7.37. The smallest absolute Gasteiger partial charge is 0.0436 e. The van der Waals surface area contributed by atoms with Crippen molar-refractivity contribution in [1.82, 2.24) is 4.98 Å². The van der Waals surface area contributed by atoms with E-state index in [0.717, 1.165) is 30.5 Å². The molecular weight excluding hydrogens is 244 g/mol. The fraction of sp³-hybridized carbons (Fsp3) is 0.389. The molecule has 1 aromatic heterocycles. The molecule has 0 aliphatic rings. The molecule has 0 amide bonds. The van der Waals surface area contributed by atoms with Crippen molar-refractivity contribution in [3.05, 3.63) is 65.0 Å². The van der Waals surface area contributed by atoms with Crippen molar-refractivity contribution in [2.24, 2.45) is 5.73 Å². The van der Waals surface area contributed by atoms with E-state index in [0.29, 0.717) is 0 Å². The molecule has 0 spiro atoms. The summed E-state index contributed by atoms with van der Waals surface area (Å²) in [6, 6.07) is 12.8. The lowest BCUT2D eigenvalue weighted by molar-refractivity contribution is 0.485. The number of rotatable bonds is 5. The van der Waals surface area contributed by atoms with E-state index in [4.69, 9.17) is 5.73 Å². The Morgan fingerprint density at radius 2 is 1.55 bits per heavy atom. The van der Waals surface area contributed by atoms with Crippen LogP contribution in [-0.4, -0.2) is 4.98 Å². The third-order valence-electron chi connectivity index (χ3n) is 3.86. The quantitative estimate of drug-likeness (QED) is 0.899. The van der Waals surface area contributed by atoms with Crippen LogP contribution in [0.15, 0.2) is 42.6 Å². The van der Waals surface area contributed by atoms with Crippen molar-refractivity contribution < 1.29 is 0 Å². The van der Waals surface area contributed by atoms with Gasteiger partial charge in [0, 0.05) is 23.9 Å². The number of aryl methyl sites for hydroxylation is 2. The van der Waals surface area contributed by atoms with Gasteiger partial charge in [0.05, 0.1) is 0 Å². The Kier molecular flexibility index (Phi) is 4.56. The number of nitrogens with two attached hydrogens (primary N) is 1. The van der Waals surface area contributed by atoms with Crippen molar-refractivity contribution in [3.8, 4) is 0 Å². The highest BCUT2D eigenvalue weighted by molar-refractivity contribution is 5.29. The van der Waals surface area contributed by atoms with E-state index in [2.05, 4.69) is 62.2 Å². The first kappa shape index (κ1) is 14.7. The van der Waals surface area contributed by atoms with Crippen molar-refractivity contribution >= 4 is 0 Å². The van der Waals surface area contributed by atoms with Gasteiger partial charge in [-0.1, -0.05) is 44.2 Å². The van der Waals surface area contributed by atoms with Gasteiger partial charge in [-0.05, 0) is 42.5 Å². The largest absolute Gasteiger partial charge is 0.321 e. The topological polar surface area (TPSA) is 38.9 Å². The molecule has 0 fully saturated rings. The van der Waals surface area contributed by atoms with Crippen LogP contribution in [0.2, 0.25) is 0 Å². The monoisotopic (exact) mass is 268 g/mol. The summed E-state index contributed by atoms with van der Waals surface area (Å²) in [5, 5.41) is 0. The van der Waals surface area contributed by atoms with Crippen molar-refractivity contribution in [2.45, 2.75) is 45.6 Å². The summed E-state index contributed by atoms with van der Waals surface area (Å²) >= 11 is 0. The molecule has 0 radical (unpaired) electrons. The van der Waals surface area contributed by atoms with Crippen LogP contribution >= 0.6 is 0 Å². The third kappa shape index (κ3) is 3.45. The molecule has 1 atom stereocenters. The van der Waals surface area contributed by atoms with Crippen molar-refractivity contribution in [2.75, 3.05) is 0 Å². The maximum absolute atomic E-state index is 6.49. The summed E-state index contributed by atoms with van der Waals surface area (Å²) in [6.07, 6.45) is 4.78. The number of hydrogen-bond donors (Lipinski definition) is 1. The van der Waals surface area contributed by atoms with Crippen LogP contribution in [-0.2, 0) is 24.8 Å². The highest BCUT2D eigenvalue weighted by atomic mass is 14.8. The minimum absolute atomic E-state index is 0.382. The molecule has 0 aliphatic carbocycles. The normalized spacial score (nSPS) is 14.0. The van der Waals surface area contributed by atoms with E-state index in [1.165, 1.54) is 11.1 Å². The maximum atomic E-state index is 6.49. The van der Waals surface area contributed by atoms with Gasteiger partial charge in [-0.15, -0.1) is 0 Å². The van der Waals surface area contributed by atoms with Gasteiger partial charge in [-0.3, -0.25) is 4.98 Å². The molecular formula is C18H24N2. The second kappa shape index (κ2) is 6.19. The van der Waals surface area contributed by atoms with E-state index in [1.54, 1.807) is 0 Å². The fourth-order valence-electron chi connectivity index (χ4n) is 2.37. The number of nitrogens with zero attached hydrogens (tertiary/aromatic N) is 1. The molecule has 0 aliphatic heterocycles. The van der Waals surface area contributed by atoms with Gasteiger partial charge in [0.15, 0.2) is 0 Å². The highest BCUT2D eigenvalue weighted by Gasteiger charge is 2.22. The van der Waals surface area contributed by atoms with Crippen LogP contribution in [0, 0.1) is 0 Å². The molecule has 2 nitrogen and oxygen atoms in total. The average molecular weight is 268 g/mol. The van der Waals surface area contributed by atoms with Gasteiger partial charge < -0.3 is 5.73 Å². The first-order valence-corrected chi connectivity index (χ1v) is 7.37. The summed E-state index contributed by atoms with van der Waals surface area (Å²) < 4.78 is 0. The van der Waals surface area contributed by atoms with Gasteiger partial charge in [0.1, 0.15) is 0 Å². The summed E-state index contributed by atoms with van der Waals surface area (Å²) in [5.74, 6) is 0. The Bertz CT molecular complexity index is 539. The average Bonchev–Trinajstić information content (AvgIpc) is 2.48. The number of pyridine rings is 1. The van der Waals surface area contributed by atoms with Gasteiger partial charge in [0.25, 0.3) is 0 Å². The van der Waals surface area contributed by atoms with Crippen LogP contribution in [0.1, 0.15) is 43.2 Å². The Hall–Kier alpha value is -1.67. The van der Waals surface area contributed by atoms with E-state index in [1.807, 2.05) is 6.20 Å².